The molecule has 0 amide bonds. The lowest BCUT2D eigenvalue weighted by Gasteiger charge is -2.13. The maximum Gasteiger partial charge on any atom is 0.272 e. The highest BCUT2D eigenvalue weighted by molar-refractivity contribution is 6.07. The largest absolute Gasteiger partial charge is 0.493 e. The van der Waals surface area contributed by atoms with E-state index in [9.17, 15) is 14.9 Å². The highest BCUT2D eigenvalue weighted by Crippen LogP contribution is 2.38. The van der Waals surface area contributed by atoms with Gasteiger partial charge >= 0.3 is 0 Å². The van der Waals surface area contributed by atoms with E-state index in [0.717, 1.165) is 0 Å². The number of carbonyl (C=O) groups is 1. The number of aryl methyl sites for hydroxylation is 1. The molecular formula is C19H19NO6. The van der Waals surface area contributed by atoms with Crippen LogP contribution in [0.2, 0.25) is 0 Å². The van der Waals surface area contributed by atoms with Crippen molar-refractivity contribution in [1.29, 1.82) is 0 Å². The minimum atomic E-state index is -0.451. The van der Waals surface area contributed by atoms with Gasteiger partial charge in [-0.15, -0.1) is 0 Å². The molecule has 0 aromatic heterocycles. The van der Waals surface area contributed by atoms with Crippen molar-refractivity contribution in [3.05, 3.63) is 63.2 Å². The standard InChI is InChI=1S/C19H19NO6/c1-12-5-6-13(9-15(12)20(22)23)7-8-16(21)14-10-17(24-2)19(26-4)18(11-14)25-3/h5-11H,1-4H3/b8-7+. The van der Waals surface area contributed by atoms with Crippen molar-refractivity contribution in [2.24, 2.45) is 0 Å². The first kappa shape index (κ1) is 19.0. The highest BCUT2D eigenvalue weighted by Gasteiger charge is 2.16. The zero-order valence-corrected chi connectivity index (χ0v) is 14.9. The third-order valence-corrected chi connectivity index (χ3v) is 3.81. The Balaban J connectivity index is 2.34. The van der Waals surface area contributed by atoms with Gasteiger partial charge < -0.3 is 14.2 Å². The number of nitro benzene ring substituents is 1. The van der Waals surface area contributed by atoms with E-state index in [4.69, 9.17) is 14.2 Å². The fourth-order valence-corrected chi connectivity index (χ4v) is 2.42. The molecule has 0 N–H and O–H groups in total. The van der Waals surface area contributed by atoms with Crippen LogP contribution in [0.5, 0.6) is 17.2 Å². The van der Waals surface area contributed by atoms with Crippen LogP contribution in [0.15, 0.2) is 36.4 Å². The summed E-state index contributed by atoms with van der Waals surface area (Å²) in [6.45, 7) is 1.66. The Bertz CT molecular complexity index is 847. The predicted octanol–water partition coefficient (Wildman–Crippen LogP) is 3.83. The molecule has 0 atom stereocenters. The molecule has 0 saturated heterocycles. The molecular weight excluding hydrogens is 338 g/mol. The first-order valence-corrected chi connectivity index (χ1v) is 7.68. The number of nitrogens with zero attached hydrogens (tertiary/aromatic N) is 1. The van der Waals surface area contributed by atoms with Gasteiger partial charge in [0.2, 0.25) is 5.75 Å². The molecule has 0 unspecified atom stereocenters. The summed E-state index contributed by atoms with van der Waals surface area (Å²) in [5, 5.41) is 11.0. The van der Waals surface area contributed by atoms with Gasteiger partial charge in [0, 0.05) is 17.2 Å². The van der Waals surface area contributed by atoms with Crippen molar-refractivity contribution < 1.29 is 23.9 Å². The Kier molecular flexibility index (Phi) is 5.95. The number of allylic oxidation sites excluding steroid dienone is 1. The molecule has 7 heteroatoms. The van der Waals surface area contributed by atoms with E-state index in [2.05, 4.69) is 0 Å². The van der Waals surface area contributed by atoms with Crippen molar-refractivity contribution >= 4 is 17.5 Å². The van der Waals surface area contributed by atoms with Crippen molar-refractivity contribution in [1.82, 2.24) is 0 Å². The molecule has 0 aliphatic carbocycles. The van der Waals surface area contributed by atoms with Crippen LogP contribution in [0.3, 0.4) is 0 Å². The average molecular weight is 357 g/mol. The maximum absolute atomic E-state index is 12.5. The molecule has 2 aromatic carbocycles. The van der Waals surface area contributed by atoms with E-state index in [1.54, 1.807) is 31.2 Å². The minimum Gasteiger partial charge on any atom is -0.493 e. The number of nitro groups is 1. The van der Waals surface area contributed by atoms with Gasteiger partial charge in [-0.3, -0.25) is 14.9 Å². The molecule has 0 fully saturated rings. The van der Waals surface area contributed by atoms with Crippen molar-refractivity contribution in [2.75, 3.05) is 21.3 Å². The van der Waals surface area contributed by atoms with E-state index in [1.807, 2.05) is 0 Å². The van der Waals surface area contributed by atoms with Gasteiger partial charge in [0.15, 0.2) is 17.3 Å². The van der Waals surface area contributed by atoms with E-state index in [0.29, 0.717) is 33.9 Å². The summed E-state index contributed by atoms with van der Waals surface area (Å²) in [5.74, 6) is 0.835. The number of methoxy groups -OCH3 is 3. The molecule has 2 rings (SSSR count). The van der Waals surface area contributed by atoms with Crippen LogP contribution in [0, 0.1) is 17.0 Å². The summed E-state index contributed by atoms with van der Waals surface area (Å²) in [6, 6.07) is 7.87. The SMILES string of the molecule is COc1cc(C(=O)/C=C/c2ccc(C)c([N+](=O)[O-])c2)cc(OC)c1OC. The molecule has 0 saturated carbocycles. The second kappa shape index (κ2) is 8.15. The molecule has 0 aliphatic rings. The molecule has 0 aliphatic heterocycles. The monoisotopic (exact) mass is 357 g/mol. The zero-order chi connectivity index (χ0) is 19.3. The first-order valence-electron chi connectivity index (χ1n) is 7.68. The Labute approximate surface area is 151 Å². The number of hydrogen-bond acceptors (Lipinski definition) is 6. The number of rotatable bonds is 7. The minimum absolute atomic E-state index is 0.00684. The number of ketones is 1. The molecule has 0 bridgehead atoms. The summed E-state index contributed by atoms with van der Waals surface area (Å²) in [5.41, 5.74) is 1.47. The van der Waals surface area contributed by atoms with Crippen LogP contribution in [-0.2, 0) is 0 Å². The summed E-state index contributed by atoms with van der Waals surface area (Å²) in [4.78, 5) is 23.0. The van der Waals surface area contributed by atoms with Crippen molar-refractivity contribution in [3.63, 3.8) is 0 Å². The summed E-state index contributed by atoms with van der Waals surface area (Å²) in [6.07, 6.45) is 2.87. The van der Waals surface area contributed by atoms with Crippen molar-refractivity contribution in [3.8, 4) is 17.2 Å². The Morgan fingerprint density at radius 2 is 1.65 bits per heavy atom. The van der Waals surface area contributed by atoms with Gasteiger partial charge in [0.1, 0.15) is 0 Å². The van der Waals surface area contributed by atoms with E-state index in [1.165, 1.54) is 39.5 Å². The lowest BCUT2D eigenvalue weighted by atomic mass is 10.1. The van der Waals surface area contributed by atoms with E-state index < -0.39 is 4.92 Å². The van der Waals surface area contributed by atoms with Gasteiger partial charge in [-0.25, -0.2) is 0 Å². The average Bonchev–Trinajstić information content (AvgIpc) is 2.65. The number of benzene rings is 2. The van der Waals surface area contributed by atoms with Crippen LogP contribution in [0.1, 0.15) is 21.5 Å². The normalized spacial score (nSPS) is 10.6. The Morgan fingerprint density at radius 1 is 1.04 bits per heavy atom. The van der Waals surface area contributed by atoms with Gasteiger partial charge in [0.05, 0.1) is 26.3 Å². The fraction of sp³-hybridized carbons (Fsp3) is 0.211. The molecule has 0 radical (unpaired) electrons. The van der Waals surface area contributed by atoms with Gasteiger partial charge in [-0.2, -0.15) is 0 Å². The summed E-state index contributed by atoms with van der Waals surface area (Å²) in [7, 11) is 4.41. The van der Waals surface area contributed by atoms with E-state index >= 15 is 0 Å². The van der Waals surface area contributed by atoms with E-state index in [-0.39, 0.29) is 11.5 Å². The van der Waals surface area contributed by atoms with Crippen molar-refractivity contribution in [2.45, 2.75) is 6.92 Å². The fourth-order valence-electron chi connectivity index (χ4n) is 2.42. The smallest absolute Gasteiger partial charge is 0.272 e. The quantitative estimate of drug-likeness (QED) is 0.324. The second-order valence-electron chi connectivity index (χ2n) is 5.41. The van der Waals surface area contributed by atoms with Gasteiger partial charge in [-0.05, 0) is 30.7 Å². The maximum atomic E-state index is 12.5. The first-order chi connectivity index (χ1) is 12.4. The summed E-state index contributed by atoms with van der Waals surface area (Å²) < 4.78 is 15.7. The third kappa shape index (κ3) is 4.00. The molecule has 0 heterocycles. The third-order valence-electron chi connectivity index (χ3n) is 3.81. The van der Waals surface area contributed by atoms with Crippen LogP contribution >= 0.6 is 0 Å². The Morgan fingerprint density at radius 3 is 2.15 bits per heavy atom. The second-order valence-corrected chi connectivity index (χ2v) is 5.41. The topological polar surface area (TPSA) is 87.9 Å². The summed E-state index contributed by atoms with van der Waals surface area (Å²) >= 11 is 0. The molecule has 0 spiro atoms. The number of carbonyl (C=O) groups excluding carboxylic acids is 1. The zero-order valence-electron chi connectivity index (χ0n) is 14.9. The molecule has 7 nitrogen and oxygen atoms in total. The Hall–Kier alpha value is -3.35. The van der Waals surface area contributed by atoms with Crippen LogP contribution < -0.4 is 14.2 Å². The molecule has 26 heavy (non-hydrogen) atoms. The lowest BCUT2D eigenvalue weighted by Crippen LogP contribution is -2.00. The predicted molar refractivity (Wildman–Crippen MR) is 97.3 cm³/mol. The molecule has 136 valence electrons. The number of ether oxygens (including phenoxy) is 3. The van der Waals surface area contributed by atoms with Gasteiger partial charge in [-0.1, -0.05) is 18.2 Å². The highest BCUT2D eigenvalue weighted by atomic mass is 16.6. The van der Waals surface area contributed by atoms with Gasteiger partial charge in [0.25, 0.3) is 5.69 Å². The lowest BCUT2D eigenvalue weighted by molar-refractivity contribution is -0.385. The van der Waals surface area contributed by atoms with Crippen LogP contribution in [-0.4, -0.2) is 32.0 Å². The number of hydrogen-bond donors (Lipinski definition) is 0. The van der Waals surface area contributed by atoms with Crippen LogP contribution in [0.4, 0.5) is 5.69 Å². The molecule has 2 aromatic rings. The van der Waals surface area contributed by atoms with Crippen LogP contribution in [0.25, 0.3) is 6.08 Å².